The van der Waals surface area contributed by atoms with Crippen molar-refractivity contribution in [3.8, 4) is 0 Å². The number of carbonyl (C=O) groups is 1. The highest BCUT2D eigenvalue weighted by molar-refractivity contribution is 5.73. The summed E-state index contributed by atoms with van der Waals surface area (Å²) < 4.78 is 5.97. The Morgan fingerprint density at radius 3 is 2.75 bits per heavy atom. The highest BCUT2D eigenvalue weighted by Crippen LogP contribution is 2.32. The molecule has 5 nitrogen and oxygen atoms in total. The lowest BCUT2D eigenvalue weighted by atomic mass is 9.89. The lowest BCUT2D eigenvalue weighted by Crippen LogP contribution is -2.43. The van der Waals surface area contributed by atoms with E-state index >= 15 is 0 Å². The molecule has 2 atom stereocenters. The van der Waals surface area contributed by atoms with Crippen molar-refractivity contribution in [1.29, 1.82) is 0 Å². The fourth-order valence-corrected chi connectivity index (χ4v) is 2.95. The van der Waals surface area contributed by atoms with Gasteiger partial charge in [0.05, 0.1) is 6.10 Å². The summed E-state index contributed by atoms with van der Waals surface area (Å²) >= 11 is 0. The third-order valence-corrected chi connectivity index (χ3v) is 4.73. The van der Waals surface area contributed by atoms with Crippen LogP contribution >= 0.6 is 0 Å². The first-order chi connectivity index (χ1) is 11.6. The molecular formula is C19H31N3O2. The third-order valence-electron chi connectivity index (χ3n) is 4.73. The molecule has 1 heterocycles. The number of hydrogen-bond donors (Lipinski definition) is 2. The van der Waals surface area contributed by atoms with Gasteiger partial charge in [-0.1, -0.05) is 30.3 Å². The monoisotopic (exact) mass is 333 g/mol. The van der Waals surface area contributed by atoms with Gasteiger partial charge in [-0.05, 0) is 39.3 Å². The molecule has 0 unspecified atom stereocenters. The van der Waals surface area contributed by atoms with Crippen LogP contribution in [-0.2, 0) is 4.74 Å². The van der Waals surface area contributed by atoms with Gasteiger partial charge in [0.15, 0.2) is 0 Å². The Hall–Kier alpha value is -1.59. The normalized spacial score (nSPS) is 21.0. The second-order valence-electron chi connectivity index (χ2n) is 6.82. The highest BCUT2D eigenvalue weighted by atomic mass is 16.5. The highest BCUT2D eigenvalue weighted by Gasteiger charge is 2.27. The number of nitrogens with one attached hydrogen (secondary N) is 2. The molecule has 0 aromatic heterocycles. The average molecular weight is 333 g/mol. The summed E-state index contributed by atoms with van der Waals surface area (Å²) in [4.78, 5) is 14.2. The van der Waals surface area contributed by atoms with Crippen LogP contribution in [0.2, 0.25) is 0 Å². The van der Waals surface area contributed by atoms with E-state index in [-0.39, 0.29) is 12.1 Å². The van der Waals surface area contributed by atoms with E-state index in [1.807, 2.05) is 18.2 Å². The van der Waals surface area contributed by atoms with Gasteiger partial charge in [0.2, 0.25) is 0 Å². The predicted molar refractivity (Wildman–Crippen MR) is 97.0 cm³/mol. The standard InChI is InChI=1S/C19H31N3O2/c1-15(2)22(3)12-11-20-19(23)21-14-17-10-7-13-24-18(17)16-8-5-4-6-9-16/h4-6,8-9,15,17-18H,7,10-14H2,1-3H3,(H2,20,21,23)/t17-,18+/m1/s1. The Balaban J connectivity index is 1.76. The molecule has 0 spiro atoms. The minimum Gasteiger partial charge on any atom is -0.373 e. The van der Waals surface area contributed by atoms with Crippen molar-refractivity contribution in [3.63, 3.8) is 0 Å². The number of likely N-dealkylation sites (N-methyl/N-ethyl adjacent to an activating group) is 1. The van der Waals surface area contributed by atoms with E-state index in [9.17, 15) is 4.79 Å². The number of rotatable bonds is 7. The van der Waals surface area contributed by atoms with Crippen molar-refractivity contribution < 1.29 is 9.53 Å². The Morgan fingerprint density at radius 2 is 2.04 bits per heavy atom. The van der Waals surface area contributed by atoms with Gasteiger partial charge in [0, 0.05) is 38.2 Å². The largest absolute Gasteiger partial charge is 0.373 e. The van der Waals surface area contributed by atoms with Gasteiger partial charge in [-0.3, -0.25) is 0 Å². The molecule has 0 aliphatic carbocycles. The number of ether oxygens (including phenoxy) is 1. The molecule has 0 bridgehead atoms. The zero-order valence-electron chi connectivity index (χ0n) is 15.1. The molecule has 134 valence electrons. The summed E-state index contributed by atoms with van der Waals surface area (Å²) in [6.07, 6.45) is 2.21. The van der Waals surface area contributed by atoms with Gasteiger partial charge in [-0.25, -0.2) is 4.79 Å². The Kier molecular flexibility index (Phi) is 7.53. The summed E-state index contributed by atoms with van der Waals surface area (Å²) in [6, 6.07) is 10.7. The van der Waals surface area contributed by atoms with Crippen LogP contribution in [0.4, 0.5) is 4.79 Å². The predicted octanol–water partition coefficient (Wildman–Crippen LogP) is 2.79. The van der Waals surface area contributed by atoms with Crippen LogP contribution in [0.1, 0.15) is 38.4 Å². The fourth-order valence-electron chi connectivity index (χ4n) is 2.95. The number of carbonyl (C=O) groups excluding carboxylic acids is 1. The van der Waals surface area contributed by atoms with E-state index in [0.717, 1.165) is 26.0 Å². The van der Waals surface area contributed by atoms with Crippen LogP contribution in [0.5, 0.6) is 0 Å². The van der Waals surface area contributed by atoms with E-state index in [1.165, 1.54) is 5.56 Å². The van der Waals surface area contributed by atoms with Crippen molar-refractivity contribution >= 4 is 6.03 Å². The van der Waals surface area contributed by atoms with Crippen molar-refractivity contribution in [2.45, 2.75) is 38.8 Å². The number of benzene rings is 1. The summed E-state index contributed by atoms with van der Waals surface area (Å²) in [5.41, 5.74) is 1.20. The fraction of sp³-hybridized carbons (Fsp3) is 0.632. The molecule has 2 rings (SSSR count). The molecule has 1 fully saturated rings. The molecule has 5 heteroatoms. The molecule has 1 aromatic carbocycles. The van der Waals surface area contributed by atoms with E-state index in [1.54, 1.807) is 0 Å². The zero-order chi connectivity index (χ0) is 17.4. The minimum atomic E-state index is -0.0930. The SMILES string of the molecule is CC(C)N(C)CCNC(=O)NC[C@H]1CCCO[C@H]1c1ccccc1. The molecule has 1 aromatic rings. The summed E-state index contributed by atoms with van der Waals surface area (Å²) in [6.45, 7) is 7.24. The molecule has 1 saturated heterocycles. The second kappa shape index (κ2) is 9.64. The first-order valence-electron chi connectivity index (χ1n) is 8.96. The van der Waals surface area contributed by atoms with Gasteiger partial charge in [0.1, 0.15) is 0 Å². The summed E-state index contributed by atoms with van der Waals surface area (Å²) in [7, 11) is 2.06. The van der Waals surface area contributed by atoms with Gasteiger partial charge in [-0.15, -0.1) is 0 Å². The molecule has 2 N–H and O–H groups in total. The van der Waals surface area contributed by atoms with Crippen LogP contribution in [0.15, 0.2) is 30.3 Å². The number of urea groups is 1. The van der Waals surface area contributed by atoms with E-state index in [0.29, 0.717) is 25.0 Å². The van der Waals surface area contributed by atoms with Crippen LogP contribution < -0.4 is 10.6 Å². The van der Waals surface area contributed by atoms with Crippen molar-refractivity contribution in [3.05, 3.63) is 35.9 Å². The smallest absolute Gasteiger partial charge is 0.314 e. The molecule has 2 amide bonds. The Bertz CT molecular complexity index is 493. The van der Waals surface area contributed by atoms with E-state index in [2.05, 4.69) is 48.6 Å². The Morgan fingerprint density at radius 1 is 1.29 bits per heavy atom. The lowest BCUT2D eigenvalue weighted by molar-refractivity contribution is -0.0269. The topological polar surface area (TPSA) is 53.6 Å². The van der Waals surface area contributed by atoms with E-state index < -0.39 is 0 Å². The number of amides is 2. The van der Waals surface area contributed by atoms with Crippen LogP contribution in [0, 0.1) is 5.92 Å². The minimum absolute atomic E-state index is 0.0762. The molecular weight excluding hydrogens is 302 g/mol. The van der Waals surface area contributed by atoms with Crippen LogP contribution in [-0.4, -0.2) is 50.3 Å². The number of hydrogen-bond acceptors (Lipinski definition) is 3. The maximum absolute atomic E-state index is 12.0. The van der Waals surface area contributed by atoms with Crippen molar-refractivity contribution in [2.75, 3.05) is 33.3 Å². The zero-order valence-corrected chi connectivity index (χ0v) is 15.1. The number of nitrogens with zero attached hydrogens (tertiary/aromatic N) is 1. The molecule has 1 aliphatic heterocycles. The maximum atomic E-state index is 12.0. The lowest BCUT2D eigenvalue weighted by Gasteiger charge is -2.32. The third kappa shape index (κ3) is 5.80. The summed E-state index contributed by atoms with van der Waals surface area (Å²) in [5, 5.41) is 5.94. The maximum Gasteiger partial charge on any atom is 0.314 e. The van der Waals surface area contributed by atoms with Crippen LogP contribution in [0.25, 0.3) is 0 Å². The molecule has 0 saturated carbocycles. The van der Waals surface area contributed by atoms with Gasteiger partial charge in [-0.2, -0.15) is 0 Å². The van der Waals surface area contributed by atoms with Gasteiger partial charge >= 0.3 is 6.03 Å². The van der Waals surface area contributed by atoms with Gasteiger partial charge < -0.3 is 20.3 Å². The first kappa shape index (κ1) is 18.7. The quantitative estimate of drug-likeness (QED) is 0.807. The van der Waals surface area contributed by atoms with Crippen LogP contribution in [0.3, 0.4) is 0 Å². The van der Waals surface area contributed by atoms with Crippen molar-refractivity contribution in [2.24, 2.45) is 5.92 Å². The average Bonchev–Trinajstić information content (AvgIpc) is 2.60. The molecule has 1 aliphatic rings. The van der Waals surface area contributed by atoms with E-state index in [4.69, 9.17) is 4.74 Å². The second-order valence-corrected chi connectivity index (χ2v) is 6.82. The Labute approximate surface area is 145 Å². The summed E-state index contributed by atoms with van der Waals surface area (Å²) in [5.74, 6) is 0.324. The molecule has 0 radical (unpaired) electrons. The molecule has 24 heavy (non-hydrogen) atoms. The van der Waals surface area contributed by atoms with Crippen molar-refractivity contribution in [1.82, 2.24) is 15.5 Å². The van der Waals surface area contributed by atoms with Gasteiger partial charge in [0.25, 0.3) is 0 Å². The first-order valence-corrected chi connectivity index (χ1v) is 8.96.